The summed E-state index contributed by atoms with van der Waals surface area (Å²) in [6.07, 6.45) is 5.40. The number of rotatable bonds is 4. The van der Waals surface area contributed by atoms with E-state index in [1.165, 1.54) is 31.2 Å². The number of benzene rings is 1. The van der Waals surface area contributed by atoms with E-state index in [1.54, 1.807) is 12.1 Å². The van der Waals surface area contributed by atoms with Crippen molar-refractivity contribution in [2.24, 2.45) is 5.92 Å². The molecular weight excluding hydrogens is 244 g/mol. The van der Waals surface area contributed by atoms with Crippen LogP contribution in [0.4, 0.5) is 0 Å². The summed E-state index contributed by atoms with van der Waals surface area (Å²) in [7, 11) is 0. The number of thioether (sulfide) groups is 1. The summed E-state index contributed by atoms with van der Waals surface area (Å²) in [5.74, 6) is 1.01. The van der Waals surface area contributed by atoms with Crippen LogP contribution in [0.3, 0.4) is 0 Å². The summed E-state index contributed by atoms with van der Waals surface area (Å²) >= 11 is 2.02. The molecule has 0 radical (unpaired) electrons. The van der Waals surface area contributed by atoms with Gasteiger partial charge in [0.1, 0.15) is 0 Å². The van der Waals surface area contributed by atoms with Crippen molar-refractivity contribution in [1.82, 2.24) is 0 Å². The molecule has 1 aromatic rings. The minimum absolute atomic E-state index is 0.370. The summed E-state index contributed by atoms with van der Waals surface area (Å²) in [5, 5.41) is 9.62. The number of carboxylic acid groups (broad SMARTS) is 1. The quantitative estimate of drug-likeness (QED) is 0.885. The summed E-state index contributed by atoms with van der Waals surface area (Å²) in [6.45, 7) is 2.34. The van der Waals surface area contributed by atoms with Crippen LogP contribution < -0.4 is 0 Å². The van der Waals surface area contributed by atoms with E-state index in [4.69, 9.17) is 5.11 Å². The van der Waals surface area contributed by atoms with Gasteiger partial charge in [-0.05, 0) is 36.5 Å². The van der Waals surface area contributed by atoms with E-state index in [9.17, 15) is 4.79 Å². The lowest BCUT2D eigenvalue weighted by molar-refractivity contribution is 0.0697. The van der Waals surface area contributed by atoms with Crippen molar-refractivity contribution >= 4 is 17.7 Å². The third kappa shape index (κ3) is 3.77. The van der Waals surface area contributed by atoms with E-state index < -0.39 is 5.97 Å². The van der Waals surface area contributed by atoms with Crippen LogP contribution in [0.5, 0.6) is 0 Å². The van der Waals surface area contributed by atoms with E-state index in [0.29, 0.717) is 5.56 Å². The average Bonchev–Trinajstić information content (AvgIpc) is 2.37. The van der Waals surface area contributed by atoms with Crippen molar-refractivity contribution in [3.8, 4) is 0 Å². The molecule has 1 N–H and O–H groups in total. The van der Waals surface area contributed by atoms with Gasteiger partial charge in [0.15, 0.2) is 0 Å². The van der Waals surface area contributed by atoms with Gasteiger partial charge in [0.25, 0.3) is 0 Å². The molecule has 0 aliphatic heterocycles. The molecule has 98 valence electrons. The summed E-state index contributed by atoms with van der Waals surface area (Å²) < 4.78 is 0. The molecular formula is C15H20O2S. The standard InChI is InChI=1S/C15H20O2S/c1-11-3-2-4-14(9-11)18-10-12-5-7-13(8-6-12)15(16)17/h5-8,11,14H,2-4,9-10H2,1H3,(H,16,17). The van der Waals surface area contributed by atoms with Gasteiger partial charge in [0.05, 0.1) is 5.56 Å². The fourth-order valence-corrected chi connectivity index (χ4v) is 3.91. The zero-order valence-electron chi connectivity index (χ0n) is 10.8. The molecule has 2 unspecified atom stereocenters. The Balaban J connectivity index is 1.84. The van der Waals surface area contributed by atoms with Gasteiger partial charge in [-0.15, -0.1) is 0 Å². The Kier molecular flexibility index (Phi) is 4.70. The van der Waals surface area contributed by atoms with Crippen LogP contribution in [0, 0.1) is 5.92 Å². The van der Waals surface area contributed by atoms with Crippen molar-refractivity contribution < 1.29 is 9.90 Å². The van der Waals surface area contributed by atoms with Gasteiger partial charge in [-0.3, -0.25) is 0 Å². The van der Waals surface area contributed by atoms with E-state index in [2.05, 4.69) is 6.92 Å². The summed E-state index contributed by atoms with van der Waals surface area (Å²) in [6, 6.07) is 7.26. The number of carboxylic acids is 1. The highest BCUT2D eigenvalue weighted by molar-refractivity contribution is 7.99. The van der Waals surface area contributed by atoms with Gasteiger partial charge in [-0.2, -0.15) is 11.8 Å². The SMILES string of the molecule is CC1CCCC(SCc2ccc(C(=O)O)cc2)C1. The van der Waals surface area contributed by atoms with Gasteiger partial charge >= 0.3 is 5.97 Å². The lowest BCUT2D eigenvalue weighted by atomic mass is 9.91. The highest BCUT2D eigenvalue weighted by Gasteiger charge is 2.18. The predicted molar refractivity (Wildman–Crippen MR) is 76.1 cm³/mol. The highest BCUT2D eigenvalue weighted by Crippen LogP contribution is 2.33. The van der Waals surface area contributed by atoms with Crippen molar-refractivity contribution in [1.29, 1.82) is 0 Å². The fourth-order valence-electron chi connectivity index (χ4n) is 2.49. The van der Waals surface area contributed by atoms with Crippen LogP contribution in [0.2, 0.25) is 0 Å². The van der Waals surface area contributed by atoms with E-state index in [0.717, 1.165) is 16.9 Å². The minimum atomic E-state index is -0.852. The van der Waals surface area contributed by atoms with Crippen molar-refractivity contribution in [2.75, 3.05) is 0 Å². The molecule has 0 spiro atoms. The molecule has 18 heavy (non-hydrogen) atoms. The second-order valence-electron chi connectivity index (χ2n) is 5.21. The first kappa shape index (κ1) is 13.5. The maximum Gasteiger partial charge on any atom is 0.335 e. The highest BCUT2D eigenvalue weighted by atomic mass is 32.2. The molecule has 1 aliphatic carbocycles. The fraction of sp³-hybridized carbons (Fsp3) is 0.533. The zero-order valence-corrected chi connectivity index (χ0v) is 11.6. The zero-order chi connectivity index (χ0) is 13.0. The molecule has 0 aromatic heterocycles. The van der Waals surface area contributed by atoms with Crippen molar-refractivity contribution in [3.05, 3.63) is 35.4 Å². The smallest absolute Gasteiger partial charge is 0.335 e. The van der Waals surface area contributed by atoms with Crippen LogP contribution in [0.25, 0.3) is 0 Å². The van der Waals surface area contributed by atoms with Crippen LogP contribution in [0.15, 0.2) is 24.3 Å². The molecule has 0 heterocycles. The Hall–Kier alpha value is -0.960. The number of aromatic carboxylic acids is 1. The Morgan fingerprint density at radius 2 is 2.06 bits per heavy atom. The van der Waals surface area contributed by atoms with E-state index >= 15 is 0 Å². The van der Waals surface area contributed by atoms with Gasteiger partial charge in [-0.1, -0.05) is 31.9 Å². The van der Waals surface area contributed by atoms with E-state index in [-0.39, 0.29) is 0 Å². The molecule has 0 saturated heterocycles. The number of hydrogen-bond acceptors (Lipinski definition) is 2. The maximum atomic E-state index is 10.7. The summed E-state index contributed by atoms with van der Waals surface area (Å²) in [4.78, 5) is 10.7. The molecule has 2 rings (SSSR count). The monoisotopic (exact) mass is 264 g/mol. The Morgan fingerprint density at radius 1 is 1.33 bits per heavy atom. The van der Waals surface area contributed by atoms with Gasteiger partial charge in [-0.25, -0.2) is 4.79 Å². The molecule has 1 aliphatic rings. The van der Waals surface area contributed by atoms with Crippen molar-refractivity contribution in [3.63, 3.8) is 0 Å². The Bertz CT molecular complexity index is 399. The average molecular weight is 264 g/mol. The topological polar surface area (TPSA) is 37.3 Å². The number of carbonyl (C=O) groups is 1. The molecule has 1 fully saturated rings. The molecule has 0 bridgehead atoms. The molecule has 1 saturated carbocycles. The molecule has 2 nitrogen and oxygen atoms in total. The summed E-state index contributed by atoms with van der Waals surface area (Å²) in [5.41, 5.74) is 1.60. The molecule has 1 aromatic carbocycles. The minimum Gasteiger partial charge on any atom is -0.478 e. The number of hydrogen-bond donors (Lipinski definition) is 1. The first-order chi connectivity index (χ1) is 8.65. The lowest BCUT2D eigenvalue weighted by Gasteiger charge is -2.26. The van der Waals surface area contributed by atoms with Gasteiger partial charge < -0.3 is 5.11 Å². The molecule has 2 atom stereocenters. The van der Waals surface area contributed by atoms with E-state index in [1.807, 2.05) is 23.9 Å². The van der Waals surface area contributed by atoms with Crippen LogP contribution in [-0.4, -0.2) is 16.3 Å². The van der Waals surface area contributed by atoms with Crippen LogP contribution in [-0.2, 0) is 5.75 Å². The first-order valence-corrected chi connectivity index (χ1v) is 7.64. The molecule has 3 heteroatoms. The second kappa shape index (κ2) is 6.28. The normalized spacial score (nSPS) is 23.8. The van der Waals surface area contributed by atoms with Gasteiger partial charge in [0, 0.05) is 11.0 Å². The van der Waals surface area contributed by atoms with Crippen LogP contribution in [0.1, 0.15) is 48.5 Å². The third-order valence-electron chi connectivity index (χ3n) is 3.57. The third-order valence-corrected chi connectivity index (χ3v) is 4.97. The second-order valence-corrected chi connectivity index (χ2v) is 6.50. The lowest BCUT2D eigenvalue weighted by Crippen LogP contribution is -2.15. The Morgan fingerprint density at radius 3 is 2.67 bits per heavy atom. The first-order valence-electron chi connectivity index (χ1n) is 6.59. The predicted octanol–water partition coefficient (Wildman–Crippen LogP) is 4.20. The Labute approximate surface area is 113 Å². The van der Waals surface area contributed by atoms with Crippen molar-refractivity contribution in [2.45, 2.75) is 43.6 Å². The molecule has 0 amide bonds. The largest absolute Gasteiger partial charge is 0.478 e. The maximum absolute atomic E-state index is 10.7. The van der Waals surface area contributed by atoms with Gasteiger partial charge in [0.2, 0.25) is 0 Å². The van der Waals surface area contributed by atoms with Crippen LogP contribution >= 0.6 is 11.8 Å².